The summed E-state index contributed by atoms with van der Waals surface area (Å²) in [4.78, 5) is 11.0. The van der Waals surface area contributed by atoms with Crippen LogP contribution in [0.4, 0.5) is 0 Å². The van der Waals surface area contributed by atoms with Gasteiger partial charge < -0.3 is 15.4 Å². The lowest BCUT2D eigenvalue weighted by Gasteiger charge is -2.11. The van der Waals surface area contributed by atoms with Gasteiger partial charge in [0.2, 0.25) is 10.0 Å². The van der Waals surface area contributed by atoms with E-state index in [0.717, 1.165) is 0 Å². The van der Waals surface area contributed by atoms with Gasteiger partial charge >= 0.3 is 0 Å². The van der Waals surface area contributed by atoms with Crippen molar-refractivity contribution in [3.8, 4) is 0 Å². The van der Waals surface area contributed by atoms with E-state index in [1.54, 1.807) is 0 Å². The van der Waals surface area contributed by atoms with Crippen molar-refractivity contribution in [2.45, 2.75) is 17.9 Å². The summed E-state index contributed by atoms with van der Waals surface area (Å²) in [5.41, 5.74) is 5.02. The zero-order chi connectivity index (χ0) is 13.2. The van der Waals surface area contributed by atoms with Crippen LogP contribution in [-0.2, 0) is 17.1 Å². The van der Waals surface area contributed by atoms with Crippen LogP contribution < -0.4 is 10.5 Å². The Morgan fingerprint density at radius 3 is 2.71 bits per heavy atom. The van der Waals surface area contributed by atoms with Gasteiger partial charge in [-0.25, -0.2) is 13.1 Å². The Labute approximate surface area is 99.3 Å². The van der Waals surface area contributed by atoms with Crippen LogP contribution in [0.1, 0.15) is 17.4 Å². The largest absolute Gasteiger partial charge is 0.395 e. The van der Waals surface area contributed by atoms with E-state index in [1.165, 1.54) is 30.8 Å². The molecule has 1 amide bonds. The maximum Gasteiger partial charge on any atom is 0.266 e. The molecule has 0 spiro atoms. The van der Waals surface area contributed by atoms with Crippen LogP contribution in [0.2, 0.25) is 0 Å². The van der Waals surface area contributed by atoms with Gasteiger partial charge in [-0.05, 0) is 13.0 Å². The van der Waals surface area contributed by atoms with Crippen LogP contribution >= 0.6 is 0 Å². The summed E-state index contributed by atoms with van der Waals surface area (Å²) >= 11 is 0. The quantitative estimate of drug-likeness (QED) is 0.616. The summed E-state index contributed by atoms with van der Waals surface area (Å²) in [5, 5.41) is 8.80. The lowest BCUT2D eigenvalue weighted by molar-refractivity contribution is 0.0989. The number of carbonyl (C=O) groups excluding carboxylic acids is 1. The van der Waals surface area contributed by atoms with E-state index in [-0.39, 0.29) is 17.2 Å². The lowest BCUT2D eigenvalue weighted by atomic mass is 10.4. The number of aliphatic hydroxyl groups is 1. The first-order chi connectivity index (χ1) is 7.79. The molecule has 8 heteroatoms. The molecule has 0 aliphatic heterocycles. The summed E-state index contributed by atoms with van der Waals surface area (Å²) in [7, 11) is -2.34. The number of aromatic nitrogens is 1. The molecule has 0 saturated carbocycles. The van der Waals surface area contributed by atoms with Gasteiger partial charge in [0.1, 0.15) is 10.6 Å². The summed E-state index contributed by atoms with van der Waals surface area (Å²) in [6.07, 6.45) is 1.43. The van der Waals surface area contributed by atoms with Crippen molar-refractivity contribution in [1.82, 2.24) is 9.29 Å². The Balaban J connectivity index is 3.20. The van der Waals surface area contributed by atoms with Crippen molar-refractivity contribution in [3.63, 3.8) is 0 Å². The SMILES string of the molecule is CC(CO)NS(=O)(=O)c1ccn(C)c1C(N)=O. The van der Waals surface area contributed by atoms with E-state index in [2.05, 4.69) is 4.72 Å². The lowest BCUT2D eigenvalue weighted by Crippen LogP contribution is -2.36. The van der Waals surface area contributed by atoms with Gasteiger partial charge in [-0.15, -0.1) is 0 Å². The van der Waals surface area contributed by atoms with Crippen molar-refractivity contribution >= 4 is 15.9 Å². The van der Waals surface area contributed by atoms with Crippen LogP contribution in [-0.4, -0.2) is 36.6 Å². The molecule has 0 fully saturated rings. The van der Waals surface area contributed by atoms with Crippen LogP contribution in [0.15, 0.2) is 17.2 Å². The van der Waals surface area contributed by atoms with E-state index in [9.17, 15) is 13.2 Å². The molecule has 0 aliphatic carbocycles. The molecule has 1 unspecified atom stereocenters. The number of carbonyl (C=O) groups is 1. The van der Waals surface area contributed by atoms with Gasteiger partial charge in [0.25, 0.3) is 5.91 Å². The molecule has 7 nitrogen and oxygen atoms in total. The average Bonchev–Trinajstić information content (AvgIpc) is 2.60. The number of aryl methyl sites for hydroxylation is 1. The first-order valence-corrected chi connectivity index (χ1v) is 6.36. The number of rotatable bonds is 5. The third kappa shape index (κ3) is 2.84. The first kappa shape index (κ1) is 13.7. The molecule has 96 valence electrons. The third-order valence-corrected chi connectivity index (χ3v) is 3.81. The molecular weight excluding hydrogens is 246 g/mol. The van der Waals surface area contributed by atoms with Crippen molar-refractivity contribution in [3.05, 3.63) is 18.0 Å². The molecule has 0 saturated heterocycles. The topological polar surface area (TPSA) is 114 Å². The smallest absolute Gasteiger partial charge is 0.266 e. The van der Waals surface area contributed by atoms with Crippen LogP contribution in [0.3, 0.4) is 0 Å². The summed E-state index contributed by atoms with van der Waals surface area (Å²) < 4.78 is 27.4. The summed E-state index contributed by atoms with van der Waals surface area (Å²) in [6.45, 7) is 1.17. The van der Waals surface area contributed by atoms with Crippen LogP contribution in [0, 0.1) is 0 Å². The normalized spacial score (nSPS) is 13.6. The predicted molar refractivity (Wildman–Crippen MR) is 60.8 cm³/mol. The maximum absolute atomic E-state index is 11.9. The van der Waals surface area contributed by atoms with Gasteiger partial charge in [-0.1, -0.05) is 0 Å². The zero-order valence-corrected chi connectivity index (χ0v) is 10.4. The zero-order valence-electron chi connectivity index (χ0n) is 9.54. The van der Waals surface area contributed by atoms with Crippen LogP contribution in [0.5, 0.6) is 0 Å². The Morgan fingerprint density at radius 1 is 1.65 bits per heavy atom. The van der Waals surface area contributed by atoms with Gasteiger partial charge in [-0.3, -0.25) is 4.79 Å². The number of sulfonamides is 1. The first-order valence-electron chi connectivity index (χ1n) is 4.88. The maximum atomic E-state index is 11.9. The summed E-state index contributed by atoms with van der Waals surface area (Å²) in [6, 6.07) is 0.646. The molecule has 0 bridgehead atoms. The molecule has 0 aromatic carbocycles. The second kappa shape index (κ2) is 4.86. The number of hydrogen-bond donors (Lipinski definition) is 3. The predicted octanol–water partition coefficient (Wildman–Crippen LogP) is -1.22. The molecule has 0 aliphatic rings. The van der Waals surface area contributed by atoms with Gasteiger partial charge in [0, 0.05) is 19.3 Å². The fourth-order valence-corrected chi connectivity index (χ4v) is 2.85. The fourth-order valence-electron chi connectivity index (χ4n) is 1.38. The highest BCUT2D eigenvalue weighted by atomic mass is 32.2. The van der Waals surface area contributed by atoms with Gasteiger partial charge in [-0.2, -0.15) is 0 Å². The Hall–Kier alpha value is -1.38. The number of hydrogen-bond acceptors (Lipinski definition) is 4. The number of nitrogens with one attached hydrogen (secondary N) is 1. The molecule has 1 rings (SSSR count). The van der Waals surface area contributed by atoms with E-state index < -0.39 is 22.0 Å². The molecule has 1 aromatic heterocycles. The average molecular weight is 261 g/mol. The molecule has 17 heavy (non-hydrogen) atoms. The minimum absolute atomic E-state index is 0.0948. The second-order valence-electron chi connectivity index (χ2n) is 3.71. The van der Waals surface area contributed by atoms with Crippen LogP contribution in [0.25, 0.3) is 0 Å². The van der Waals surface area contributed by atoms with E-state index in [4.69, 9.17) is 10.8 Å². The number of nitrogens with zero attached hydrogens (tertiary/aromatic N) is 1. The molecule has 1 heterocycles. The Bertz CT molecular complexity index is 520. The van der Waals surface area contributed by atoms with E-state index in [1.807, 2.05) is 0 Å². The Morgan fingerprint density at radius 2 is 2.24 bits per heavy atom. The highest BCUT2D eigenvalue weighted by molar-refractivity contribution is 7.89. The molecule has 4 N–H and O–H groups in total. The number of primary amides is 1. The number of nitrogens with two attached hydrogens (primary N) is 1. The van der Waals surface area contributed by atoms with Crippen molar-refractivity contribution in [2.24, 2.45) is 12.8 Å². The van der Waals surface area contributed by atoms with Crippen molar-refractivity contribution < 1.29 is 18.3 Å². The summed E-state index contributed by atoms with van der Waals surface area (Å²) in [5.74, 6) is -0.825. The van der Waals surface area contributed by atoms with E-state index in [0.29, 0.717) is 0 Å². The van der Waals surface area contributed by atoms with Gasteiger partial charge in [0.05, 0.1) is 6.61 Å². The monoisotopic (exact) mass is 261 g/mol. The third-order valence-electron chi connectivity index (χ3n) is 2.19. The highest BCUT2D eigenvalue weighted by Gasteiger charge is 2.25. The minimum atomic E-state index is -3.86. The molecule has 0 radical (unpaired) electrons. The van der Waals surface area contributed by atoms with Gasteiger partial charge in [0.15, 0.2) is 0 Å². The second-order valence-corrected chi connectivity index (χ2v) is 5.39. The molecule has 1 atom stereocenters. The highest BCUT2D eigenvalue weighted by Crippen LogP contribution is 2.16. The molecule has 1 aromatic rings. The molecular formula is C9H15N3O4S. The standard InChI is InChI=1S/C9H15N3O4S/c1-6(5-13)11-17(15,16)7-3-4-12(2)8(7)9(10)14/h3-4,6,11,13H,5H2,1-2H3,(H2,10,14). The van der Waals surface area contributed by atoms with E-state index >= 15 is 0 Å². The fraction of sp³-hybridized carbons (Fsp3) is 0.444. The minimum Gasteiger partial charge on any atom is -0.395 e. The van der Waals surface area contributed by atoms with Crippen molar-refractivity contribution in [1.29, 1.82) is 0 Å². The number of amides is 1. The number of aliphatic hydroxyl groups excluding tert-OH is 1. The van der Waals surface area contributed by atoms with Crippen molar-refractivity contribution in [2.75, 3.05) is 6.61 Å². The Kier molecular flexibility index (Phi) is 3.91.